The monoisotopic (exact) mass is 485 g/mol. The SMILES string of the molecule is CC[C@H](C)Nc1nc(NNc2ccc(Cl)cc2Cl)cc(-c2cccc(OC(F)(F)F)c2)n1. The number of hydrogen-bond donors (Lipinski definition) is 3. The summed E-state index contributed by atoms with van der Waals surface area (Å²) in [5, 5.41) is 4.06. The van der Waals surface area contributed by atoms with Gasteiger partial charge in [-0.3, -0.25) is 10.9 Å². The summed E-state index contributed by atoms with van der Waals surface area (Å²) in [5.41, 5.74) is 7.26. The fourth-order valence-electron chi connectivity index (χ4n) is 2.62. The molecule has 0 spiro atoms. The van der Waals surface area contributed by atoms with Crippen LogP contribution < -0.4 is 20.9 Å². The highest BCUT2D eigenvalue weighted by molar-refractivity contribution is 6.36. The molecule has 0 amide bonds. The zero-order valence-corrected chi connectivity index (χ0v) is 18.6. The standard InChI is InChI=1S/C21H20Cl2F3N5O/c1-3-12(2)27-20-28-18(13-5-4-6-15(9-13)32-21(24,25)26)11-19(29-20)31-30-17-8-7-14(22)10-16(17)23/h4-12,30H,3H2,1-2H3,(H2,27,28,29,31)/t12-/m0/s1. The van der Waals surface area contributed by atoms with Gasteiger partial charge in [-0.2, -0.15) is 4.98 Å². The van der Waals surface area contributed by atoms with E-state index in [1.807, 2.05) is 13.8 Å². The van der Waals surface area contributed by atoms with Gasteiger partial charge in [-0.25, -0.2) is 4.98 Å². The van der Waals surface area contributed by atoms with E-state index < -0.39 is 6.36 Å². The number of nitrogens with one attached hydrogen (secondary N) is 3. The van der Waals surface area contributed by atoms with Crippen molar-refractivity contribution in [1.82, 2.24) is 9.97 Å². The molecule has 0 aliphatic carbocycles. The Labute approximate surface area is 193 Å². The van der Waals surface area contributed by atoms with Crippen molar-refractivity contribution in [1.29, 1.82) is 0 Å². The normalized spacial score (nSPS) is 12.2. The third kappa shape index (κ3) is 6.80. The molecule has 2 aromatic carbocycles. The molecule has 0 aliphatic rings. The van der Waals surface area contributed by atoms with Crippen LogP contribution in [0.25, 0.3) is 11.3 Å². The fraction of sp³-hybridized carbons (Fsp3) is 0.238. The second-order valence-corrected chi connectivity index (χ2v) is 7.71. The minimum atomic E-state index is -4.79. The van der Waals surface area contributed by atoms with E-state index in [4.69, 9.17) is 23.2 Å². The van der Waals surface area contributed by atoms with Gasteiger partial charge in [-0.05, 0) is 43.7 Å². The van der Waals surface area contributed by atoms with Crippen LogP contribution in [-0.2, 0) is 0 Å². The van der Waals surface area contributed by atoms with Crippen LogP contribution in [0.1, 0.15) is 20.3 Å². The smallest absolute Gasteiger partial charge is 0.406 e. The first-order chi connectivity index (χ1) is 15.1. The van der Waals surface area contributed by atoms with Crippen LogP contribution in [0, 0.1) is 0 Å². The van der Waals surface area contributed by atoms with E-state index in [1.165, 1.54) is 18.2 Å². The fourth-order valence-corrected chi connectivity index (χ4v) is 3.08. The van der Waals surface area contributed by atoms with Gasteiger partial charge < -0.3 is 10.1 Å². The molecule has 0 aliphatic heterocycles. The molecule has 0 saturated heterocycles. The first-order valence-corrected chi connectivity index (χ1v) is 10.4. The molecule has 170 valence electrons. The van der Waals surface area contributed by atoms with Crippen LogP contribution in [0.5, 0.6) is 5.75 Å². The lowest BCUT2D eigenvalue weighted by atomic mass is 10.1. The van der Waals surface area contributed by atoms with Gasteiger partial charge in [0.1, 0.15) is 5.75 Å². The van der Waals surface area contributed by atoms with Crippen molar-refractivity contribution in [3.8, 4) is 17.0 Å². The number of rotatable bonds is 8. The van der Waals surface area contributed by atoms with Crippen molar-refractivity contribution in [3.05, 3.63) is 58.6 Å². The Morgan fingerprint density at radius 3 is 2.50 bits per heavy atom. The highest BCUT2D eigenvalue weighted by Gasteiger charge is 2.31. The van der Waals surface area contributed by atoms with Crippen LogP contribution in [0.4, 0.5) is 30.6 Å². The minimum absolute atomic E-state index is 0.0802. The number of anilines is 3. The van der Waals surface area contributed by atoms with Gasteiger partial charge in [0.25, 0.3) is 0 Å². The molecule has 3 aromatic rings. The van der Waals surface area contributed by atoms with E-state index >= 15 is 0 Å². The third-order valence-corrected chi connectivity index (χ3v) is 4.88. The number of alkyl halides is 3. The van der Waals surface area contributed by atoms with Gasteiger partial charge in [0.05, 0.1) is 16.4 Å². The Morgan fingerprint density at radius 2 is 1.81 bits per heavy atom. The van der Waals surface area contributed by atoms with E-state index in [9.17, 15) is 13.2 Å². The molecule has 0 bridgehead atoms. The molecule has 1 aromatic heterocycles. The van der Waals surface area contributed by atoms with E-state index in [-0.39, 0.29) is 11.8 Å². The first-order valence-electron chi connectivity index (χ1n) is 9.62. The molecule has 0 radical (unpaired) electrons. The van der Waals surface area contributed by atoms with Gasteiger partial charge in [-0.15, -0.1) is 13.2 Å². The summed E-state index contributed by atoms with van der Waals surface area (Å²) in [6.07, 6.45) is -3.97. The van der Waals surface area contributed by atoms with Crippen LogP contribution in [0.15, 0.2) is 48.5 Å². The third-order valence-electron chi connectivity index (χ3n) is 4.33. The van der Waals surface area contributed by atoms with Crippen LogP contribution in [0.2, 0.25) is 10.0 Å². The van der Waals surface area contributed by atoms with Crippen molar-refractivity contribution in [3.63, 3.8) is 0 Å². The summed E-state index contributed by atoms with van der Waals surface area (Å²) in [6.45, 7) is 3.97. The second kappa shape index (κ2) is 10.1. The average molecular weight is 486 g/mol. The first kappa shape index (κ1) is 23.7. The highest BCUT2D eigenvalue weighted by atomic mass is 35.5. The molecule has 0 unspecified atom stereocenters. The van der Waals surface area contributed by atoms with Crippen LogP contribution >= 0.6 is 23.2 Å². The lowest BCUT2D eigenvalue weighted by Crippen LogP contribution is -2.18. The van der Waals surface area contributed by atoms with E-state index in [0.29, 0.717) is 38.8 Å². The molecule has 3 rings (SSSR count). The number of ether oxygens (including phenoxy) is 1. The molecule has 6 nitrogen and oxygen atoms in total. The Balaban J connectivity index is 1.91. The topological polar surface area (TPSA) is 71.1 Å². The number of aromatic nitrogens is 2. The zero-order chi connectivity index (χ0) is 23.3. The molecule has 32 heavy (non-hydrogen) atoms. The van der Waals surface area contributed by atoms with Crippen molar-refractivity contribution in [2.24, 2.45) is 0 Å². The van der Waals surface area contributed by atoms with Gasteiger partial charge in [-0.1, -0.05) is 42.3 Å². The number of benzene rings is 2. The molecule has 0 saturated carbocycles. The maximum atomic E-state index is 12.6. The number of nitrogens with zero attached hydrogens (tertiary/aromatic N) is 2. The molecule has 0 fully saturated rings. The maximum absolute atomic E-state index is 12.6. The Morgan fingerprint density at radius 1 is 1.03 bits per heavy atom. The van der Waals surface area contributed by atoms with Gasteiger partial charge in [0, 0.05) is 22.7 Å². The Hall–Kier alpha value is -2.91. The molecule has 3 N–H and O–H groups in total. The van der Waals surface area contributed by atoms with Crippen molar-refractivity contribution in [2.75, 3.05) is 16.2 Å². The predicted molar refractivity (Wildman–Crippen MR) is 121 cm³/mol. The molecule has 1 heterocycles. The van der Waals surface area contributed by atoms with Crippen molar-refractivity contribution >= 4 is 40.7 Å². The van der Waals surface area contributed by atoms with E-state index in [0.717, 1.165) is 6.42 Å². The molecule has 1 atom stereocenters. The zero-order valence-electron chi connectivity index (χ0n) is 17.1. The van der Waals surface area contributed by atoms with Crippen LogP contribution in [0.3, 0.4) is 0 Å². The van der Waals surface area contributed by atoms with E-state index in [2.05, 4.69) is 30.9 Å². The average Bonchev–Trinajstić information content (AvgIpc) is 2.72. The summed E-state index contributed by atoms with van der Waals surface area (Å²) in [6, 6.07) is 12.2. The maximum Gasteiger partial charge on any atom is 0.573 e. The predicted octanol–water partition coefficient (Wildman–Crippen LogP) is 7.00. The molecular weight excluding hydrogens is 466 g/mol. The quantitative estimate of drug-likeness (QED) is 0.298. The number of hydrogen-bond acceptors (Lipinski definition) is 6. The summed E-state index contributed by atoms with van der Waals surface area (Å²) in [4.78, 5) is 8.86. The second-order valence-electron chi connectivity index (χ2n) is 6.87. The van der Waals surface area contributed by atoms with Crippen molar-refractivity contribution < 1.29 is 17.9 Å². The number of hydrazine groups is 1. The highest BCUT2D eigenvalue weighted by Crippen LogP contribution is 2.29. The van der Waals surface area contributed by atoms with E-state index in [1.54, 1.807) is 30.3 Å². The summed E-state index contributed by atoms with van der Waals surface area (Å²) in [7, 11) is 0. The van der Waals surface area contributed by atoms with Gasteiger partial charge in [0.15, 0.2) is 5.82 Å². The minimum Gasteiger partial charge on any atom is -0.406 e. The van der Waals surface area contributed by atoms with Crippen LogP contribution in [-0.4, -0.2) is 22.4 Å². The Bertz CT molecular complexity index is 1080. The number of halogens is 5. The van der Waals surface area contributed by atoms with Gasteiger partial charge in [0.2, 0.25) is 5.95 Å². The molecular formula is C21H20Cl2F3N5O. The summed E-state index contributed by atoms with van der Waals surface area (Å²) >= 11 is 12.1. The summed E-state index contributed by atoms with van der Waals surface area (Å²) in [5.74, 6) is 0.338. The van der Waals surface area contributed by atoms with Gasteiger partial charge >= 0.3 is 6.36 Å². The van der Waals surface area contributed by atoms with Crippen molar-refractivity contribution in [2.45, 2.75) is 32.7 Å². The lowest BCUT2D eigenvalue weighted by Gasteiger charge is -2.16. The lowest BCUT2D eigenvalue weighted by molar-refractivity contribution is -0.274. The summed E-state index contributed by atoms with van der Waals surface area (Å²) < 4.78 is 41.9. The largest absolute Gasteiger partial charge is 0.573 e. The molecule has 11 heteroatoms. The Kier molecular flexibility index (Phi) is 7.52.